The summed E-state index contributed by atoms with van der Waals surface area (Å²) in [5.74, 6) is -1.09. The Morgan fingerprint density at radius 2 is 1.69 bits per heavy atom. The van der Waals surface area contributed by atoms with Crippen LogP contribution in [0.2, 0.25) is 0 Å². The molecule has 0 spiro atoms. The summed E-state index contributed by atoms with van der Waals surface area (Å²) < 4.78 is 78.0. The Labute approximate surface area is 212 Å². The molecule has 0 saturated carbocycles. The number of carbonyl (C=O) groups excluding carboxylic acids is 1. The molecular formula is C22H14F6N4OS3. The van der Waals surface area contributed by atoms with Crippen LogP contribution in [-0.2, 0) is 17.1 Å². The molecule has 0 aliphatic carbocycles. The molecule has 0 bridgehead atoms. The van der Waals surface area contributed by atoms with Gasteiger partial charge in [0.25, 0.3) is 0 Å². The summed E-state index contributed by atoms with van der Waals surface area (Å²) in [7, 11) is 0. The smallest absolute Gasteiger partial charge is 0.325 e. The predicted molar refractivity (Wildman–Crippen MR) is 127 cm³/mol. The van der Waals surface area contributed by atoms with Crippen molar-refractivity contribution in [2.24, 2.45) is 0 Å². The van der Waals surface area contributed by atoms with Crippen LogP contribution in [0.1, 0.15) is 16.8 Å². The van der Waals surface area contributed by atoms with Crippen molar-refractivity contribution in [3.63, 3.8) is 0 Å². The van der Waals surface area contributed by atoms with E-state index in [2.05, 4.69) is 20.5 Å². The average molecular weight is 561 g/mol. The standard InChI is InChI=1S/C22H14F6N4OS3/c1-11-19(36-20(29-11)16-3-2-6-34-16)15-4-5-18(32-31-15)35-10-17(33)30-14-8-12(21(23,24)25)7-13(9-14)22(26,27)28/h2-9H,10H2,1H3,(H,30,33). The zero-order valence-electron chi connectivity index (χ0n) is 18.1. The molecule has 36 heavy (non-hydrogen) atoms. The summed E-state index contributed by atoms with van der Waals surface area (Å²) in [6.07, 6.45) is -10.0. The monoisotopic (exact) mass is 560 g/mol. The number of thiazole rings is 1. The molecule has 0 fully saturated rings. The van der Waals surface area contributed by atoms with E-state index in [9.17, 15) is 31.1 Å². The van der Waals surface area contributed by atoms with E-state index in [1.807, 2.05) is 24.4 Å². The van der Waals surface area contributed by atoms with Crippen molar-refractivity contribution in [2.45, 2.75) is 24.3 Å². The quantitative estimate of drug-likeness (QED) is 0.197. The van der Waals surface area contributed by atoms with Gasteiger partial charge in [-0.25, -0.2) is 4.98 Å². The molecular weight excluding hydrogens is 546 g/mol. The molecule has 1 N–H and O–H groups in total. The molecule has 0 aliphatic heterocycles. The van der Waals surface area contributed by atoms with Crippen molar-refractivity contribution in [1.29, 1.82) is 0 Å². The SMILES string of the molecule is Cc1nc(-c2cccs2)sc1-c1ccc(SCC(=O)Nc2cc(C(F)(F)F)cc(C(F)(F)F)c2)nn1. The first-order valence-corrected chi connectivity index (χ1v) is 12.7. The van der Waals surface area contributed by atoms with E-state index >= 15 is 0 Å². The lowest BCUT2D eigenvalue weighted by Crippen LogP contribution is -2.17. The molecule has 4 rings (SSSR count). The van der Waals surface area contributed by atoms with Crippen LogP contribution < -0.4 is 5.32 Å². The second kappa shape index (κ2) is 10.2. The first kappa shape index (κ1) is 26.1. The lowest BCUT2D eigenvalue weighted by Gasteiger charge is -2.14. The molecule has 4 aromatic rings. The third kappa shape index (κ3) is 6.23. The Morgan fingerprint density at radius 3 is 2.25 bits per heavy atom. The maximum absolute atomic E-state index is 13.0. The number of amides is 1. The van der Waals surface area contributed by atoms with E-state index in [1.54, 1.807) is 23.5 Å². The number of thioether (sulfide) groups is 1. The Balaban J connectivity index is 1.42. The van der Waals surface area contributed by atoms with Crippen LogP contribution in [-0.4, -0.2) is 26.8 Å². The minimum Gasteiger partial charge on any atom is -0.325 e. The number of nitrogens with one attached hydrogen (secondary N) is 1. The minimum absolute atomic E-state index is 0.00420. The number of hydrogen-bond donors (Lipinski definition) is 1. The zero-order chi connectivity index (χ0) is 26.1. The summed E-state index contributed by atoms with van der Waals surface area (Å²) in [5.41, 5.74) is -2.25. The fourth-order valence-electron chi connectivity index (χ4n) is 3.02. The number of rotatable bonds is 6. The molecule has 0 atom stereocenters. The van der Waals surface area contributed by atoms with Crippen LogP contribution in [0.3, 0.4) is 0 Å². The van der Waals surface area contributed by atoms with Gasteiger partial charge >= 0.3 is 12.4 Å². The molecule has 0 radical (unpaired) electrons. The Bertz CT molecular complexity index is 1330. The minimum atomic E-state index is -5.01. The van der Waals surface area contributed by atoms with Gasteiger partial charge < -0.3 is 5.32 Å². The Kier molecular flexibility index (Phi) is 7.38. The van der Waals surface area contributed by atoms with Gasteiger partial charge in [0, 0.05) is 5.69 Å². The molecule has 3 heterocycles. The first-order valence-electron chi connectivity index (χ1n) is 9.97. The molecule has 1 aromatic carbocycles. The largest absolute Gasteiger partial charge is 0.416 e. The van der Waals surface area contributed by atoms with Gasteiger partial charge in [-0.3, -0.25) is 4.79 Å². The van der Waals surface area contributed by atoms with Crippen LogP contribution in [0, 0.1) is 6.92 Å². The average Bonchev–Trinajstić information content (AvgIpc) is 3.47. The van der Waals surface area contributed by atoms with Gasteiger partial charge in [0.1, 0.15) is 15.7 Å². The van der Waals surface area contributed by atoms with Gasteiger partial charge in [-0.15, -0.1) is 32.9 Å². The summed E-state index contributed by atoms with van der Waals surface area (Å²) in [6.45, 7) is 1.86. The van der Waals surface area contributed by atoms with Gasteiger partial charge in [-0.2, -0.15) is 26.3 Å². The lowest BCUT2D eigenvalue weighted by molar-refractivity contribution is -0.143. The van der Waals surface area contributed by atoms with Crippen molar-refractivity contribution in [3.05, 3.63) is 64.7 Å². The maximum Gasteiger partial charge on any atom is 0.416 e. The van der Waals surface area contributed by atoms with Crippen molar-refractivity contribution in [3.8, 4) is 20.5 Å². The molecule has 5 nitrogen and oxygen atoms in total. The van der Waals surface area contributed by atoms with Crippen molar-refractivity contribution in [1.82, 2.24) is 15.2 Å². The summed E-state index contributed by atoms with van der Waals surface area (Å²) >= 11 is 3.97. The molecule has 0 unspecified atom stereocenters. The van der Waals surface area contributed by atoms with Crippen LogP contribution in [0.4, 0.5) is 32.0 Å². The second-order valence-corrected chi connectivity index (χ2v) is 10.2. The normalized spacial score (nSPS) is 12.1. The predicted octanol–water partition coefficient (Wildman–Crippen LogP) is 7.41. The zero-order valence-corrected chi connectivity index (χ0v) is 20.5. The topological polar surface area (TPSA) is 67.8 Å². The molecule has 1 amide bonds. The number of aromatic nitrogens is 3. The number of aryl methyl sites for hydroxylation is 1. The number of halogens is 6. The fraction of sp³-hybridized carbons (Fsp3) is 0.182. The van der Waals surface area contributed by atoms with E-state index in [0.717, 1.165) is 32.2 Å². The molecule has 14 heteroatoms. The van der Waals surface area contributed by atoms with Crippen molar-refractivity contribution in [2.75, 3.05) is 11.1 Å². The number of anilines is 1. The molecule has 0 aliphatic rings. The Hall–Kier alpha value is -2.97. The van der Waals surface area contributed by atoms with Crippen molar-refractivity contribution >= 4 is 46.0 Å². The van der Waals surface area contributed by atoms with Crippen LogP contribution in [0.25, 0.3) is 20.5 Å². The summed E-state index contributed by atoms with van der Waals surface area (Å²) in [5, 5.41) is 13.5. The van der Waals surface area contributed by atoms with E-state index < -0.39 is 35.1 Å². The fourth-order valence-corrected chi connectivity index (χ4v) is 5.46. The maximum atomic E-state index is 13.0. The highest BCUT2D eigenvalue weighted by Crippen LogP contribution is 2.38. The number of carbonyl (C=O) groups is 1. The van der Waals surface area contributed by atoms with Gasteiger partial charge in [0.2, 0.25) is 5.91 Å². The van der Waals surface area contributed by atoms with Crippen LogP contribution in [0.15, 0.2) is 52.9 Å². The van der Waals surface area contributed by atoms with Gasteiger partial charge in [-0.05, 0) is 48.7 Å². The Morgan fingerprint density at radius 1 is 1.00 bits per heavy atom. The number of nitrogens with zero attached hydrogens (tertiary/aromatic N) is 3. The van der Waals surface area contributed by atoms with Crippen LogP contribution in [0.5, 0.6) is 0 Å². The highest BCUT2D eigenvalue weighted by molar-refractivity contribution is 7.99. The number of hydrogen-bond acceptors (Lipinski definition) is 7. The molecule has 188 valence electrons. The summed E-state index contributed by atoms with van der Waals surface area (Å²) in [4.78, 5) is 18.6. The second-order valence-electron chi connectivity index (χ2n) is 7.30. The van der Waals surface area contributed by atoms with Gasteiger partial charge in [-0.1, -0.05) is 17.8 Å². The third-order valence-electron chi connectivity index (χ3n) is 4.62. The number of thiophene rings is 1. The lowest BCUT2D eigenvalue weighted by atomic mass is 10.1. The highest BCUT2D eigenvalue weighted by atomic mass is 32.2. The summed E-state index contributed by atoms with van der Waals surface area (Å²) in [6, 6.07) is 8.12. The van der Waals surface area contributed by atoms with E-state index in [4.69, 9.17) is 0 Å². The number of alkyl halides is 6. The van der Waals surface area contributed by atoms with E-state index in [0.29, 0.717) is 22.9 Å². The van der Waals surface area contributed by atoms with Gasteiger partial charge in [0.05, 0.1) is 32.3 Å². The third-order valence-corrected chi connectivity index (χ3v) is 7.76. The van der Waals surface area contributed by atoms with E-state index in [-0.39, 0.29) is 11.8 Å². The van der Waals surface area contributed by atoms with E-state index in [1.165, 1.54) is 11.3 Å². The molecule has 0 saturated heterocycles. The first-order chi connectivity index (χ1) is 16.9. The van der Waals surface area contributed by atoms with Crippen molar-refractivity contribution < 1.29 is 31.1 Å². The van der Waals surface area contributed by atoms with Gasteiger partial charge in [0.15, 0.2) is 0 Å². The van der Waals surface area contributed by atoms with Crippen LogP contribution >= 0.6 is 34.4 Å². The number of benzene rings is 1. The molecule has 3 aromatic heterocycles. The highest BCUT2D eigenvalue weighted by Gasteiger charge is 2.37.